The molecule has 1 aliphatic carbocycles. The fourth-order valence-corrected chi connectivity index (χ4v) is 7.55. The maximum absolute atomic E-state index is 11.4. The van der Waals surface area contributed by atoms with Crippen molar-refractivity contribution in [3.8, 4) is 45.4 Å². The number of aliphatic hydroxyl groups excluding tert-OH is 1. The van der Waals surface area contributed by atoms with E-state index in [2.05, 4.69) is 20.9 Å². The zero-order chi connectivity index (χ0) is 33.0. The molecule has 2 aromatic heterocycles. The first kappa shape index (κ1) is 31.8. The third-order valence-corrected chi connectivity index (χ3v) is 10.6. The Balaban J connectivity index is 1.19. The SMILES string of the molecule is COc1nc(-c2cccc(-c3cccc(-c4cc5c(c(OC)n4)[C@@H](N4CC(C(=O)O)C4)CC5)c3Cl)c2Cl)cnc1CN1C[C@@H](O)[C@@H]1C. The van der Waals surface area contributed by atoms with Gasteiger partial charge in [-0.2, -0.15) is 0 Å². The summed E-state index contributed by atoms with van der Waals surface area (Å²) in [6.07, 6.45) is 3.08. The molecule has 4 aromatic rings. The molecule has 3 atom stereocenters. The standard InChI is InChI=1S/C35H35Cl2N5O5/c1-18-29(43)17-41(18)16-27-33(46-2)40-26(13-38-27)24-9-5-7-22(32(24)37)21-6-4-8-23(31(21)36)25-12-19-10-11-28(30(19)34(39-25)47-3)42-14-20(15-42)35(44)45/h4-9,12-13,18,20,28-29,43H,10-11,14-17H2,1-3H3,(H,44,45)/t18-,28-,29+/m0/s1. The van der Waals surface area contributed by atoms with Crippen LogP contribution in [0.1, 0.15) is 36.2 Å². The molecule has 0 unspecified atom stereocenters. The van der Waals surface area contributed by atoms with E-state index in [1.807, 2.05) is 43.3 Å². The fraction of sp³-hybridized carbons (Fsp3) is 0.371. The lowest BCUT2D eigenvalue weighted by Crippen LogP contribution is -2.57. The second-order valence-electron chi connectivity index (χ2n) is 12.4. The van der Waals surface area contributed by atoms with Crippen molar-refractivity contribution in [2.45, 2.75) is 44.5 Å². The van der Waals surface area contributed by atoms with Gasteiger partial charge in [0.15, 0.2) is 0 Å². The summed E-state index contributed by atoms with van der Waals surface area (Å²) in [7, 11) is 3.18. The summed E-state index contributed by atoms with van der Waals surface area (Å²) < 4.78 is 11.4. The molecular formula is C35H35Cl2N5O5. The van der Waals surface area contributed by atoms with Crippen LogP contribution in [0.4, 0.5) is 0 Å². The van der Waals surface area contributed by atoms with E-state index in [-0.39, 0.29) is 24.1 Å². The summed E-state index contributed by atoms with van der Waals surface area (Å²) in [6, 6.07) is 13.7. The maximum Gasteiger partial charge on any atom is 0.309 e. The van der Waals surface area contributed by atoms with Crippen LogP contribution in [0.5, 0.6) is 11.8 Å². The summed E-state index contributed by atoms with van der Waals surface area (Å²) in [5.41, 5.74) is 7.05. The Morgan fingerprint density at radius 1 is 0.936 bits per heavy atom. The quantitative estimate of drug-likeness (QED) is 0.226. The third-order valence-electron chi connectivity index (χ3n) is 9.77. The number of hydrogen-bond donors (Lipinski definition) is 2. The van der Waals surface area contributed by atoms with Crippen molar-refractivity contribution in [1.29, 1.82) is 0 Å². The molecule has 0 bridgehead atoms. The molecule has 0 amide bonds. The van der Waals surface area contributed by atoms with Gasteiger partial charge in [-0.15, -0.1) is 0 Å². The van der Waals surface area contributed by atoms with Crippen molar-refractivity contribution >= 4 is 29.2 Å². The van der Waals surface area contributed by atoms with Crippen molar-refractivity contribution in [1.82, 2.24) is 24.8 Å². The summed E-state index contributed by atoms with van der Waals surface area (Å²) in [6.45, 7) is 4.15. The van der Waals surface area contributed by atoms with E-state index >= 15 is 0 Å². The van der Waals surface area contributed by atoms with Crippen LogP contribution in [0, 0.1) is 5.92 Å². The van der Waals surface area contributed by atoms with Gasteiger partial charge >= 0.3 is 5.97 Å². The van der Waals surface area contributed by atoms with Gasteiger partial charge in [-0.1, -0.05) is 59.6 Å². The van der Waals surface area contributed by atoms with E-state index in [4.69, 9.17) is 42.6 Å². The number of aliphatic carboxylic acids is 1. The van der Waals surface area contributed by atoms with Crippen LogP contribution in [0.3, 0.4) is 0 Å². The molecule has 2 saturated heterocycles. The molecule has 0 saturated carbocycles. The van der Waals surface area contributed by atoms with Crippen molar-refractivity contribution in [3.05, 3.63) is 75.5 Å². The highest BCUT2D eigenvalue weighted by molar-refractivity contribution is 6.39. The summed E-state index contributed by atoms with van der Waals surface area (Å²) in [4.78, 5) is 30.0. The number of aliphatic hydroxyl groups is 1. The highest BCUT2D eigenvalue weighted by atomic mass is 35.5. The Morgan fingerprint density at radius 2 is 1.55 bits per heavy atom. The number of likely N-dealkylation sites (tertiary alicyclic amines) is 2. The molecular weight excluding hydrogens is 641 g/mol. The average molecular weight is 677 g/mol. The number of fused-ring (bicyclic) bond motifs is 1. The molecule has 0 radical (unpaired) electrons. The summed E-state index contributed by atoms with van der Waals surface area (Å²) >= 11 is 14.2. The zero-order valence-corrected chi connectivity index (χ0v) is 27.8. The van der Waals surface area contributed by atoms with Gasteiger partial charge in [-0.05, 0) is 31.4 Å². The number of ether oxygens (including phenoxy) is 2. The third kappa shape index (κ3) is 5.62. The second-order valence-corrected chi connectivity index (χ2v) is 13.2. The first-order valence-electron chi connectivity index (χ1n) is 15.6. The van der Waals surface area contributed by atoms with Gasteiger partial charge in [0.1, 0.15) is 5.69 Å². The van der Waals surface area contributed by atoms with E-state index in [1.54, 1.807) is 20.4 Å². The zero-order valence-electron chi connectivity index (χ0n) is 26.3. The fourth-order valence-electron chi connectivity index (χ4n) is 6.90. The first-order valence-corrected chi connectivity index (χ1v) is 16.4. The molecule has 0 spiro atoms. The Morgan fingerprint density at radius 3 is 2.15 bits per heavy atom. The van der Waals surface area contributed by atoms with Crippen molar-refractivity contribution in [2.24, 2.45) is 5.92 Å². The minimum Gasteiger partial charge on any atom is -0.481 e. The normalized spacial score (nSPS) is 21.2. The number of β-amino-alcohol motifs (C(OH)–C–C–N with tert-alkyl or cyclic N) is 1. The largest absolute Gasteiger partial charge is 0.481 e. The summed E-state index contributed by atoms with van der Waals surface area (Å²) in [5.74, 6) is -0.129. The van der Waals surface area contributed by atoms with Crippen LogP contribution in [-0.2, 0) is 17.8 Å². The molecule has 4 heterocycles. The van der Waals surface area contributed by atoms with E-state index < -0.39 is 5.97 Å². The number of carbonyl (C=O) groups is 1. The van der Waals surface area contributed by atoms with Crippen molar-refractivity contribution < 1.29 is 24.5 Å². The van der Waals surface area contributed by atoms with Gasteiger partial charge in [-0.3, -0.25) is 19.6 Å². The number of rotatable bonds is 9. The number of benzene rings is 2. The number of carboxylic acid groups (broad SMARTS) is 1. The van der Waals surface area contributed by atoms with Gasteiger partial charge < -0.3 is 19.7 Å². The van der Waals surface area contributed by atoms with E-state index in [0.29, 0.717) is 70.6 Å². The number of halogens is 2. The second kappa shape index (κ2) is 12.7. The molecule has 2 fully saturated rings. The predicted molar refractivity (Wildman–Crippen MR) is 179 cm³/mol. The van der Waals surface area contributed by atoms with E-state index in [9.17, 15) is 15.0 Å². The minimum absolute atomic E-state index is 0.0525. The smallest absolute Gasteiger partial charge is 0.309 e. The number of hydrogen-bond acceptors (Lipinski definition) is 9. The van der Waals surface area contributed by atoms with Crippen molar-refractivity contribution in [3.63, 3.8) is 0 Å². The Hall–Kier alpha value is -3.80. The Kier molecular flexibility index (Phi) is 8.57. The molecule has 244 valence electrons. The van der Waals surface area contributed by atoms with Crippen molar-refractivity contribution in [2.75, 3.05) is 33.9 Å². The number of pyridine rings is 1. The van der Waals surface area contributed by atoms with Gasteiger partial charge in [0.25, 0.3) is 0 Å². The lowest BCUT2D eigenvalue weighted by molar-refractivity contribution is -0.148. The maximum atomic E-state index is 11.4. The predicted octanol–water partition coefficient (Wildman–Crippen LogP) is 5.77. The molecule has 2 N–H and O–H groups in total. The van der Waals surface area contributed by atoms with Gasteiger partial charge in [-0.25, -0.2) is 9.97 Å². The van der Waals surface area contributed by atoms with Crippen LogP contribution in [0.2, 0.25) is 10.0 Å². The number of carboxylic acids is 1. The first-order chi connectivity index (χ1) is 22.7. The molecule has 2 aromatic carbocycles. The lowest BCUT2D eigenvalue weighted by atomic mass is 9.95. The highest BCUT2D eigenvalue weighted by Crippen LogP contribution is 2.47. The summed E-state index contributed by atoms with van der Waals surface area (Å²) in [5, 5.41) is 20.2. The van der Waals surface area contributed by atoms with Gasteiger partial charge in [0.05, 0.1) is 53.9 Å². The van der Waals surface area contributed by atoms with E-state index in [0.717, 1.165) is 40.7 Å². The number of methoxy groups -OCH3 is 2. The van der Waals surface area contributed by atoms with Crippen LogP contribution in [0.15, 0.2) is 48.7 Å². The number of aryl methyl sites for hydroxylation is 1. The molecule has 7 rings (SSSR count). The minimum atomic E-state index is -0.750. The van der Waals surface area contributed by atoms with Crippen LogP contribution >= 0.6 is 23.2 Å². The Labute approximate surface area is 282 Å². The molecule has 47 heavy (non-hydrogen) atoms. The van der Waals surface area contributed by atoms with Crippen LogP contribution in [-0.4, -0.2) is 86.9 Å². The topological polar surface area (TPSA) is 121 Å². The molecule has 3 aliphatic rings. The van der Waals surface area contributed by atoms with Gasteiger partial charge in [0, 0.05) is 66.1 Å². The molecule has 10 nitrogen and oxygen atoms in total. The van der Waals surface area contributed by atoms with Gasteiger partial charge in [0.2, 0.25) is 11.8 Å². The number of nitrogens with zero attached hydrogens (tertiary/aromatic N) is 5. The van der Waals surface area contributed by atoms with Crippen LogP contribution in [0.25, 0.3) is 33.6 Å². The average Bonchev–Trinajstić information content (AvgIpc) is 3.47. The molecule has 12 heteroatoms. The monoisotopic (exact) mass is 675 g/mol. The Bertz CT molecular complexity index is 1870. The lowest BCUT2D eigenvalue weighted by Gasteiger charge is -2.43. The molecule has 2 aliphatic heterocycles. The van der Waals surface area contributed by atoms with Crippen LogP contribution < -0.4 is 9.47 Å². The highest BCUT2D eigenvalue weighted by Gasteiger charge is 2.41. The number of aromatic nitrogens is 3. The van der Waals surface area contributed by atoms with E-state index in [1.165, 1.54) is 0 Å².